The maximum Gasteiger partial charge on any atom is 0.0375 e. The summed E-state index contributed by atoms with van der Waals surface area (Å²) < 4.78 is 0. The van der Waals surface area contributed by atoms with Crippen molar-refractivity contribution >= 4 is 11.3 Å². The molecule has 84 valence electrons. The second-order valence-electron chi connectivity index (χ2n) is 4.12. The van der Waals surface area contributed by atoms with Crippen molar-refractivity contribution in [3.63, 3.8) is 0 Å². The highest BCUT2D eigenvalue weighted by Gasteiger charge is 2.08. The van der Waals surface area contributed by atoms with Crippen LogP contribution in [0.5, 0.6) is 0 Å². The van der Waals surface area contributed by atoms with Crippen LogP contribution in [-0.2, 0) is 6.54 Å². The van der Waals surface area contributed by atoms with Crippen molar-refractivity contribution in [3.8, 4) is 10.4 Å². The Balaban J connectivity index is 2.53. The van der Waals surface area contributed by atoms with Crippen molar-refractivity contribution in [2.75, 3.05) is 7.05 Å². The Morgan fingerprint density at radius 3 is 2.62 bits per heavy atom. The number of nitrogens with one attached hydrogen (secondary N) is 1. The SMILES string of the molecule is CNCc1ccc(C)cc1-c1sccc1C. The molecule has 1 aromatic carbocycles. The van der Waals surface area contributed by atoms with Crippen LogP contribution in [-0.4, -0.2) is 7.05 Å². The van der Waals surface area contributed by atoms with Crippen LogP contribution < -0.4 is 5.32 Å². The third-order valence-corrected chi connectivity index (χ3v) is 3.79. The highest BCUT2D eigenvalue weighted by atomic mass is 32.1. The van der Waals surface area contributed by atoms with Gasteiger partial charge < -0.3 is 5.32 Å². The second-order valence-corrected chi connectivity index (χ2v) is 5.04. The van der Waals surface area contributed by atoms with Gasteiger partial charge in [0.2, 0.25) is 0 Å². The molecular weight excluding hydrogens is 214 g/mol. The van der Waals surface area contributed by atoms with E-state index in [1.165, 1.54) is 27.1 Å². The molecule has 2 aromatic rings. The Morgan fingerprint density at radius 1 is 1.19 bits per heavy atom. The zero-order valence-corrected chi connectivity index (χ0v) is 10.8. The van der Waals surface area contributed by atoms with E-state index in [1.807, 2.05) is 18.4 Å². The lowest BCUT2D eigenvalue weighted by atomic mass is 10.0. The molecule has 2 heteroatoms. The van der Waals surface area contributed by atoms with Crippen LogP contribution in [0.4, 0.5) is 0 Å². The standard InChI is InChI=1S/C14H17NS/c1-10-4-5-12(9-15-3)13(8-10)14-11(2)6-7-16-14/h4-8,15H,9H2,1-3H3. The first-order valence-corrected chi connectivity index (χ1v) is 6.39. The lowest BCUT2D eigenvalue weighted by Crippen LogP contribution is -2.06. The molecule has 0 spiro atoms. The van der Waals surface area contributed by atoms with E-state index in [0.29, 0.717) is 0 Å². The third kappa shape index (κ3) is 2.18. The van der Waals surface area contributed by atoms with E-state index in [0.717, 1.165) is 6.54 Å². The van der Waals surface area contributed by atoms with Gasteiger partial charge >= 0.3 is 0 Å². The van der Waals surface area contributed by atoms with Crippen molar-refractivity contribution in [3.05, 3.63) is 46.3 Å². The number of rotatable bonds is 3. The molecule has 1 N–H and O–H groups in total. The first-order chi connectivity index (χ1) is 7.72. The molecule has 2 rings (SSSR count). The monoisotopic (exact) mass is 231 g/mol. The predicted octanol–water partition coefficient (Wildman–Crippen LogP) is 3.75. The molecule has 1 heterocycles. The Hall–Kier alpha value is -1.12. The normalized spacial score (nSPS) is 10.7. The van der Waals surface area contributed by atoms with Crippen LogP contribution in [0.15, 0.2) is 29.6 Å². The Labute approximate surface area is 101 Å². The van der Waals surface area contributed by atoms with Gasteiger partial charge in [-0.05, 0) is 49.0 Å². The number of hydrogen-bond donors (Lipinski definition) is 1. The summed E-state index contributed by atoms with van der Waals surface area (Å²) in [4.78, 5) is 1.40. The van der Waals surface area contributed by atoms with E-state index in [9.17, 15) is 0 Å². The van der Waals surface area contributed by atoms with Gasteiger partial charge in [0.25, 0.3) is 0 Å². The van der Waals surface area contributed by atoms with Crippen LogP contribution in [0, 0.1) is 13.8 Å². The van der Waals surface area contributed by atoms with Gasteiger partial charge in [-0.2, -0.15) is 0 Å². The number of aryl methyl sites for hydroxylation is 2. The average Bonchev–Trinajstić information content (AvgIpc) is 2.67. The van der Waals surface area contributed by atoms with Gasteiger partial charge in [0.1, 0.15) is 0 Å². The molecule has 0 aliphatic heterocycles. The Morgan fingerprint density at radius 2 is 2.00 bits per heavy atom. The van der Waals surface area contributed by atoms with Crippen molar-refractivity contribution in [1.82, 2.24) is 5.32 Å². The second kappa shape index (κ2) is 4.81. The quantitative estimate of drug-likeness (QED) is 0.848. The van der Waals surface area contributed by atoms with Gasteiger partial charge in [0.15, 0.2) is 0 Å². The minimum atomic E-state index is 0.924. The van der Waals surface area contributed by atoms with E-state index in [4.69, 9.17) is 0 Å². The van der Waals surface area contributed by atoms with Crippen molar-refractivity contribution in [1.29, 1.82) is 0 Å². The topological polar surface area (TPSA) is 12.0 Å². The molecule has 0 aliphatic rings. The number of hydrogen-bond acceptors (Lipinski definition) is 2. The van der Waals surface area contributed by atoms with E-state index in [1.54, 1.807) is 0 Å². The fraction of sp³-hybridized carbons (Fsp3) is 0.286. The van der Waals surface area contributed by atoms with Gasteiger partial charge in [-0.3, -0.25) is 0 Å². The lowest BCUT2D eigenvalue weighted by molar-refractivity contribution is 0.819. The van der Waals surface area contributed by atoms with Crippen LogP contribution in [0.3, 0.4) is 0 Å². The van der Waals surface area contributed by atoms with Crippen molar-refractivity contribution < 1.29 is 0 Å². The molecule has 0 atom stereocenters. The average molecular weight is 231 g/mol. The van der Waals surface area contributed by atoms with E-state index >= 15 is 0 Å². The number of benzene rings is 1. The molecule has 1 aromatic heterocycles. The summed E-state index contributed by atoms with van der Waals surface area (Å²) >= 11 is 1.82. The first kappa shape index (κ1) is 11.4. The van der Waals surface area contributed by atoms with E-state index in [2.05, 4.69) is 48.8 Å². The molecule has 1 nitrogen and oxygen atoms in total. The van der Waals surface area contributed by atoms with Crippen molar-refractivity contribution in [2.45, 2.75) is 20.4 Å². The van der Waals surface area contributed by atoms with Crippen LogP contribution in [0.2, 0.25) is 0 Å². The molecule has 0 saturated heterocycles. The van der Waals surface area contributed by atoms with Crippen LogP contribution in [0.25, 0.3) is 10.4 Å². The predicted molar refractivity (Wildman–Crippen MR) is 72.0 cm³/mol. The van der Waals surface area contributed by atoms with Gasteiger partial charge in [0.05, 0.1) is 0 Å². The molecule has 0 bridgehead atoms. The van der Waals surface area contributed by atoms with Crippen LogP contribution >= 0.6 is 11.3 Å². The molecule has 0 aliphatic carbocycles. The van der Waals surface area contributed by atoms with Crippen LogP contribution in [0.1, 0.15) is 16.7 Å². The molecular formula is C14H17NS. The van der Waals surface area contributed by atoms with E-state index in [-0.39, 0.29) is 0 Å². The highest BCUT2D eigenvalue weighted by molar-refractivity contribution is 7.13. The smallest absolute Gasteiger partial charge is 0.0375 e. The minimum absolute atomic E-state index is 0.924. The van der Waals surface area contributed by atoms with Gasteiger partial charge in [0, 0.05) is 11.4 Å². The third-order valence-electron chi connectivity index (χ3n) is 2.74. The number of thiophene rings is 1. The first-order valence-electron chi connectivity index (χ1n) is 5.51. The fourth-order valence-electron chi connectivity index (χ4n) is 1.89. The summed E-state index contributed by atoms with van der Waals surface area (Å²) in [5.74, 6) is 0. The lowest BCUT2D eigenvalue weighted by Gasteiger charge is -2.10. The summed E-state index contributed by atoms with van der Waals surface area (Å²) in [6, 6.07) is 8.87. The minimum Gasteiger partial charge on any atom is -0.316 e. The molecule has 0 fully saturated rings. The molecule has 0 saturated carbocycles. The maximum atomic E-state index is 3.23. The van der Waals surface area contributed by atoms with Gasteiger partial charge in [-0.15, -0.1) is 11.3 Å². The molecule has 0 unspecified atom stereocenters. The molecule has 16 heavy (non-hydrogen) atoms. The van der Waals surface area contributed by atoms with E-state index < -0.39 is 0 Å². The summed E-state index contributed by atoms with van der Waals surface area (Å²) in [6.45, 7) is 5.25. The largest absolute Gasteiger partial charge is 0.316 e. The van der Waals surface area contributed by atoms with Gasteiger partial charge in [-0.1, -0.05) is 23.8 Å². The zero-order valence-electron chi connectivity index (χ0n) is 10.0. The fourth-order valence-corrected chi connectivity index (χ4v) is 2.87. The Kier molecular flexibility index (Phi) is 3.42. The highest BCUT2D eigenvalue weighted by Crippen LogP contribution is 2.32. The molecule has 0 amide bonds. The van der Waals surface area contributed by atoms with Crippen molar-refractivity contribution in [2.24, 2.45) is 0 Å². The summed E-state index contributed by atoms with van der Waals surface area (Å²) in [5.41, 5.74) is 5.44. The maximum absolute atomic E-state index is 3.23. The Bertz CT molecular complexity index is 485. The summed E-state index contributed by atoms with van der Waals surface area (Å²) in [7, 11) is 1.99. The zero-order chi connectivity index (χ0) is 11.5. The summed E-state index contributed by atoms with van der Waals surface area (Å²) in [5, 5.41) is 5.39. The van der Waals surface area contributed by atoms with Gasteiger partial charge in [-0.25, -0.2) is 0 Å². The summed E-state index contributed by atoms with van der Waals surface area (Å²) in [6.07, 6.45) is 0. The molecule has 0 radical (unpaired) electrons.